The summed E-state index contributed by atoms with van der Waals surface area (Å²) < 4.78 is 10.9. The van der Waals surface area contributed by atoms with Crippen LogP contribution in [0.1, 0.15) is 17.0 Å². The number of aryl methyl sites for hydroxylation is 1. The molecule has 0 fully saturated rings. The molecule has 2 aromatic heterocycles. The van der Waals surface area contributed by atoms with Crippen molar-refractivity contribution in [2.24, 2.45) is 0 Å². The van der Waals surface area contributed by atoms with Gasteiger partial charge in [0.25, 0.3) is 5.56 Å². The third-order valence-electron chi connectivity index (χ3n) is 4.42. The van der Waals surface area contributed by atoms with Crippen LogP contribution in [0.15, 0.2) is 53.2 Å². The quantitative estimate of drug-likeness (QED) is 0.444. The predicted molar refractivity (Wildman–Crippen MR) is 120 cm³/mol. The summed E-state index contributed by atoms with van der Waals surface area (Å²) in [7, 11) is 1.53. The second kappa shape index (κ2) is 11.1. The third kappa shape index (κ3) is 6.26. The Labute approximate surface area is 184 Å². The molecule has 1 aromatic carbocycles. The van der Waals surface area contributed by atoms with Crippen LogP contribution in [-0.2, 0) is 17.6 Å². The first-order valence-electron chi connectivity index (χ1n) is 9.77. The smallest absolute Gasteiger partial charge is 0.273 e. The Hall–Kier alpha value is -3.46. The Bertz CT molecular complexity index is 1080. The van der Waals surface area contributed by atoms with Crippen LogP contribution in [0.5, 0.6) is 11.5 Å². The molecule has 1 amide bonds. The topological polar surface area (TPSA) is 106 Å². The highest BCUT2D eigenvalue weighted by Gasteiger charge is 2.12. The zero-order chi connectivity index (χ0) is 22.1. The highest BCUT2D eigenvalue weighted by molar-refractivity contribution is 7.09. The molecule has 2 N–H and O–H groups in total. The fourth-order valence-corrected chi connectivity index (χ4v) is 3.55. The Balaban J connectivity index is 1.58. The fourth-order valence-electron chi connectivity index (χ4n) is 2.84. The normalized spacial score (nSPS) is 10.5. The van der Waals surface area contributed by atoms with Crippen molar-refractivity contribution in [1.29, 1.82) is 0 Å². The maximum absolute atomic E-state index is 12.4. The predicted octanol–water partition coefficient (Wildman–Crippen LogP) is 2.76. The maximum Gasteiger partial charge on any atom is 0.273 e. The Morgan fingerprint density at radius 1 is 1.26 bits per heavy atom. The van der Waals surface area contributed by atoms with Crippen molar-refractivity contribution >= 4 is 17.2 Å². The van der Waals surface area contributed by atoms with Crippen molar-refractivity contribution < 1.29 is 14.3 Å². The number of carbonyl (C=O) groups is 1. The first kappa shape index (κ1) is 22.2. The van der Waals surface area contributed by atoms with Crippen molar-refractivity contribution in [3.8, 4) is 22.9 Å². The van der Waals surface area contributed by atoms with Gasteiger partial charge in [0.15, 0.2) is 17.3 Å². The molecule has 162 valence electrons. The number of rotatable bonds is 11. The molecule has 31 heavy (non-hydrogen) atoms. The highest BCUT2D eigenvalue weighted by Crippen LogP contribution is 2.31. The molecular weight excluding hydrogens is 416 g/mol. The van der Waals surface area contributed by atoms with Gasteiger partial charge in [0.2, 0.25) is 5.91 Å². The van der Waals surface area contributed by atoms with Crippen LogP contribution in [0.25, 0.3) is 11.4 Å². The number of hydrogen-bond donors (Lipinski definition) is 2. The van der Waals surface area contributed by atoms with E-state index in [1.165, 1.54) is 12.0 Å². The van der Waals surface area contributed by atoms with Crippen LogP contribution in [0.2, 0.25) is 0 Å². The number of nitrogens with one attached hydrogen (secondary N) is 2. The van der Waals surface area contributed by atoms with Gasteiger partial charge >= 0.3 is 0 Å². The average Bonchev–Trinajstić information content (AvgIpc) is 3.30. The summed E-state index contributed by atoms with van der Waals surface area (Å²) in [6, 6.07) is 9.20. The van der Waals surface area contributed by atoms with Crippen LogP contribution in [0, 0.1) is 0 Å². The van der Waals surface area contributed by atoms with Crippen LogP contribution in [0.3, 0.4) is 0 Å². The summed E-state index contributed by atoms with van der Waals surface area (Å²) in [6.45, 7) is 4.53. The zero-order valence-electron chi connectivity index (χ0n) is 17.2. The molecule has 0 aliphatic heterocycles. The molecule has 2 heterocycles. The second-order valence-electron chi connectivity index (χ2n) is 6.59. The molecule has 0 saturated carbocycles. The lowest BCUT2D eigenvalue weighted by Gasteiger charge is -2.10. The molecule has 0 aliphatic rings. The molecule has 0 bridgehead atoms. The van der Waals surface area contributed by atoms with Gasteiger partial charge in [-0.05, 0) is 36.1 Å². The van der Waals surface area contributed by atoms with Gasteiger partial charge in [-0.15, -0.1) is 21.5 Å². The number of thiophene rings is 1. The van der Waals surface area contributed by atoms with E-state index in [0.717, 1.165) is 6.42 Å². The molecule has 3 rings (SSSR count). The highest BCUT2D eigenvalue weighted by atomic mass is 32.1. The van der Waals surface area contributed by atoms with Gasteiger partial charge in [-0.2, -0.15) is 0 Å². The summed E-state index contributed by atoms with van der Waals surface area (Å²) in [5.74, 6) is 1.25. The van der Waals surface area contributed by atoms with Crippen molar-refractivity contribution in [3.05, 3.63) is 69.3 Å². The van der Waals surface area contributed by atoms with E-state index in [1.807, 2.05) is 17.5 Å². The number of ether oxygens (including phenoxy) is 2. The van der Waals surface area contributed by atoms with Gasteiger partial charge in [-0.3, -0.25) is 9.59 Å². The SMILES string of the molecule is C=CCOc1ccc(-c2nnc(CCC(=O)NCCc3cccs3)c(=O)[nH]2)cc1OC. The number of amides is 1. The molecule has 3 aromatic rings. The minimum atomic E-state index is -0.373. The number of aromatic nitrogens is 3. The summed E-state index contributed by atoms with van der Waals surface area (Å²) >= 11 is 1.66. The molecule has 9 heteroatoms. The van der Waals surface area contributed by atoms with E-state index in [0.29, 0.717) is 36.0 Å². The van der Waals surface area contributed by atoms with Crippen LogP contribution >= 0.6 is 11.3 Å². The van der Waals surface area contributed by atoms with Crippen molar-refractivity contribution in [1.82, 2.24) is 20.5 Å². The van der Waals surface area contributed by atoms with Gasteiger partial charge < -0.3 is 19.8 Å². The lowest BCUT2D eigenvalue weighted by molar-refractivity contribution is -0.121. The van der Waals surface area contributed by atoms with Gasteiger partial charge in [0.05, 0.1) is 7.11 Å². The summed E-state index contributed by atoms with van der Waals surface area (Å²) in [5.41, 5.74) is 0.475. The van der Waals surface area contributed by atoms with Crippen molar-refractivity contribution in [3.63, 3.8) is 0 Å². The Morgan fingerprint density at radius 3 is 2.84 bits per heavy atom. The fraction of sp³-hybridized carbons (Fsp3) is 0.273. The minimum absolute atomic E-state index is 0.123. The minimum Gasteiger partial charge on any atom is -0.493 e. The second-order valence-corrected chi connectivity index (χ2v) is 7.63. The van der Waals surface area contributed by atoms with Crippen molar-refractivity contribution in [2.75, 3.05) is 20.3 Å². The average molecular weight is 441 g/mol. The molecule has 0 aliphatic carbocycles. The number of benzene rings is 1. The molecular formula is C22H24N4O4S. The first-order chi connectivity index (χ1) is 15.1. The lowest BCUT2D eigenvalue weighted by atomic mass is 10.2. The van der Waals surface area contributed by atoms with Gasteiger partial charge in [0.1, 0.15) is 12.3 Å². The van der Waals surface area contributed by atoms with Gasteiger partial charge in [0, 0.05) is 29.8 Å². The van der Waals surface area contributed by atoms with Crippen molar-refractivity contribution in [2.45, 2.75) is 19.3 Å². The molecule has 8 nitrogen and oxygen atoms in total. The number of nitrogens with zero attached hydrogens (tertiary/aromatic N) is 2. The Kier molecular flexibility index (Phi) is 7.94. The summed E-state index contributed by atoms with van der Waals surface area (Å²) in [4.78, 5) is 28.4. The van der Waals surface area contributed by atoms with Gasteiger partial charge in [-0.25, -0.2) is 0 Å². The standard InChI is InChI=1S/C22H24N4O4S/c1-3-12-30-18-8-6-15(14-19(18)29-2)21-24-22(28)17(25-26-21)7-9-20(27)23-11-10-16-5-4-13-31-16/h3-6,8,13-14H,1,7,9-12H2,2H3,(H,23,27)(H,24,26,28). The van der Waals surface area contributed by atoms with E-state index in [1.54, 1.807) is 35.6 Å². The monoisotopic (exact) mass is 440 g/mol. The van der Waals surface area contributed by atoms with E-state index in [4.69, 9.17) is 9.47 Å². The number of H-pyrrole nitrogens is 1. The summed E-state index contributed by atoms with van der Waals surface area (Å²) in [6.07, 6.45) is 2.81. The number of carbonyl (C=O) groups excluding carboxylic acids is 1. The van der Waals surface area contributed by atoms with E-state index in [2.05, 4.69) is 27.1 Å². The summed E-state index contributed by atoms with van der Waals surface area (Å²) in [5, 5.41) is 13.0. The molecule has 0 atom stereocenters. The zero-order valence-corrected chi connectivity index (χ0v) is 18.0. The van der Waals surface area contributed by atoms with Crippen LogP contribution in [-0.4, -0.2) is 41.3 Å². The Morgan fingerprint density at radius 2 is 2.13 bits per heavy atom. The molecule has 0 radical (unpaired) electrons. The van der Waals surface area contributed by atoms with Crippen LogP contribution < -0.4 is 20.3 Å². The number of aromatic amines is 1. The lowest BCUT2D eigenvalue weighted by Crippen LogP contribution is -2.27. The number of methoxy groups -OCH3 is 1. The van der Waals surface area contributed by atoms with Crippen LogP contribution in [0.4, 0.5) is 0 Å². The largest absolute Gasteiger partial charge is 0.493 e. The molecule has 0 spiro atoms. The maximum atomic E-state index is 12.4. The third-order valence-corrected chi connectivity index (χ3v) is 5.36. The van der Waals surface area contributed by atoms with E-state index in [-0.39, 0.29) is 30.0 Å². The van der Waals surface area contributed by atoms with E-state index in [9.17, 15) is 9.59 Å². The van der Waals surface area contributed by atoms with E-state index < -0.39 is 0 Å². The van der Waals surface area contributed by atoms with Gasteiger partial charge in [-0.1, -0.05) is 18.7 Å². The van der Waals surface area contributed by atoms with E-state index >= 15 is 0 Å². The molecule has 0 unspecified atom stereocenters. The first-order valence-corrected chi connectivity index (χ1v) is 10.7. The number of hydrogen-bond acceptors (Lipinski definition) is 7. The molecule has 0 saturated heterocycles.